The molecule has 1 aliphatic carbocycles. The Morgan fingerprint density at radius 2 is 1.87 bits per heavy atom. The molecule has 3 heterocycles. The number of benzene rings is 1. The maximum Gasteiger partial charge on any atom is 0.410 e. The van der Waals surface area contributed by atoms with Gasteiger partial charge in [0.15, 0.2) is 5.69 Å². The van der Waals surface area contributed by atoms with E-state index >= 15 is 0 Å². The van der Waals surface area contributed by atoms with Crippen molar-refractivity contribution in [3.05, 3.63) is 58.7 Å². The molecule has 3 atom stereocenters. The first-order chi connectivity index (χ1) is 18.4. The van der Waals surface area contributed by atoms with Gasteiger partial charge in [-0.3, -0.25) is 4.68 Å². The Labute approximate surface area is 225 Å². The molecule has 0 radical (unpaired) electrons. The van der Waals surface area contributed by atoms with E-state index in [4.69, 9.17) is 4.74 Å². The first-order valence-corrected chi connectivity index (χ1v) is 13.0. The summed E-state index contributed by atoms with van der Waals surface area (Å²) in [5.74, 6) is -3.06. The van der Waals surface area contributed by atoms with Gasteiger partial charge < -0.3 is 19.8 Å². The molecular formula is C27H32N6O6. The monoisotopic (exact) mass is 536 g/mol. The Hall–Kier alpha value is -4.22. The lowest BCUT2D eigenvalue weighted by Gasteiger charge is -2.34. The van der Waals surface area contributed by atoms with Gasteiger partial charge in [0, 0.05) is 44.1 Å². The van der Waals surface area contributed by atoms with Crippen molar-refractivity contribution in [3.8, 4) is 5.69 Å². The van der Waals surface area contributed by atoms with Crippen molar-refractivity contribution in [1.29, 1.82) is 0 Å². The highest BCUT2D eigenvalue weighted by molar-refractivity contribution is 6.01. The molecule has 1 aliphatic heterocycles. The number of aromatic carboxylic acids is 2. The normalized spacial score (nSPS) is 21.0. The molecule has 1 amide bonds. The Morgan fingerprint density at radius 1 is 1.10 bits per heavy atom. The van der Waals surface area contributed by atoms with Crippen molar-refractivity contribution < 1.29 is 29.3 Å². The average molecular weight is 537 g/mol. The van der Waals surface area contributed by atoms with Crippen LogP contribution in [-0.4, -0.2) is 76.6 Å². The van der Waals surface area contributed by atoms with Crippen molar-refractivity contribution >= 4 is 18.0 Å². The van der Waals surface area contributed by atoms with E-state index < -0.39 is 23.2 Å². The number of carbonyl (C=O) groups excluding carboxylic acids is 1. The Morgan fingerprint density at radius 3 is 2.51 bits per heavy atom. The van der Waals surface area contributed by atoms with Crippen LogP contribution >= 0.6 is 0 Å². The topological polar surface area (TPSA) is 153 Å². The first-order valence-electron chi connectivity index (χ1n) is 13.0. The molecule has 1 unspecified atom stereocenters. The van der Waals surface area contributed by atoms with Gasteiger partial charge in [-0.15, -0.1) is 5.10 Å². The van der Waals surface area contributed by atoms with E-state index in [0.717, 1.165) is 24.1 Å². The molecule has 2 aromatic heterocycles. The van der Waals surface area contributed by atoms with E-state index in [0.29, 0.717) is 30.9 Å². The first kappa shape index (κ1) is 26.4. The average Bonchev–Trinajstić information content (AvgIpc) is 3.35. The predicted molar refractivity (Wildman–Crippen MR) is 138 cm³/mol. The largest absolute Gasteiger partial charge is 0.478 e. The van der Waals surface area contributed by atoms with E-state index in [2.05, 4.69) is 15.4 Å². The summed E-state index contributed by atoms with van der Waals surface area (Å²) in [5, 5.41) is 32.2. The fraction of sp³-hybridized carbons (Fsp3) is 0.481. The molecule has 0 bridgehead atoms. The molecular weight excluding hydrogens is 504 g/mol. The zero-order valence-electron chi connectivity index (χ0n) is 22.4. The van der Waals surface area contributed by atoms with E-state index in [9.17, 15) is 24.6 Å². The van der Waals surface area contributed by atoms with Crippen LogP contribution in [0.25, 0.3) is 5.69 Å². The van der Waals surface area contributed by atoms with Crippen LogP contribution in [0.2, 0.25) is 0 Å². The highest BCUT2D eigenvalue weighted by Gasteiger charge is 2.47. The third-order valence-corrected chi connectivity index (χ3v) is 7.14. The van der Waals surface area contributed by atoms with Crippen molar-refractivity contribution in [2.75, 3.05) is 13.1 Å². The molecule has 1 saturated carbocycles. The number of ether oxygens (including phenoxy) is 1. The summed E-state index contributed by atoms with van der Waals surface area (Å²) in [7, 11) is 1.75. The number of hydrogen-bond donors (Lipinski definition) is 2. The second-order valence-corrected chi connectivity index (χ2v) is 11.3. The van der Waals surface area contributed by atoms with E-state index in [1.807, 2.05) is 39.0 Å². The predicted octanol–water partition coefficient (Wildman–Crippen LogP) is 3.78. The lowest BCUT2D eigenvalue weighted by atomic mass is 9.90. The highest BCUT2D eigenvalue weighted by Crippen LogP contribution is 2.55. The Balaban J connectivity index is 1.49. The summed E-state index contributed by atoms with van der Waals surface area (Å²) < 4.78 is 8.59. The SMILES string of the molecule is Cn1cc([C@@H]2C[C@H]2c2c(C(=O)O)c(C(=O)O)nn2-c2cccc(C3CCCN(C(=O)OC(C)(C)C)C3)c2)nn1. The number of aromatic nitrogens is 5. The number of piperidine rings is 1. The molecule has 206 valence electrons. The van der Waals surface area contributed by atoms with Gasteiger partial charge in [0.05, 0.1) is 17.1 Å². The van der Waals surface area contributed by atoms with E-state index in [1.165, 1.54) is 4.68 Å². The number of hydrogen-bond acceptors (Lipinski definition) is 7. The van der Waals surface area contributed by atoms with Crippen LogP contribution in [0.5, 0.6) is 0 Å². The molecule has 5 rings (SSSR count). The fourth-order valence-electron chi connectivity index (χ4n) is 5.34. The summed E-state index contributed by atoms with van der Waals surface area (Å²) in [6.45, 7) is 6.61. The molecule has 1 aromatic carbocycles. The Bertz CT molecular complexity index is 1440. The lowest BCUT2D eigenvalue weighted by Crippen LogP contribution is -2.42. The molecule has 39 heavy (non-hydrogen) atoms. The molecule has 2 aliphatic rings. The van der Waals surface area contributed by atoms with Gasteiger partial charge in [0.25, 0.3) is 0 Å². The number of amides is 1. The highest BCUT2D eigenvalue weighted by atomic mass is 16.6. The maximum atomic E-state index is 12.7. The third-order valence-electron chi connectivity index (χ3n) is 7.14. The van der Waals surface area contributed by atoms with Crippen LogP contribution in [0.15, 0.2) is 30.5 Å². The van der Waals surface area contributed by atoms with Crippen LogP contribution in [0.4, 0.5) is 4.79 Å². The van der Waals surface area contributed by atoms with Gasteiger partial charge in [-0.1, -0.05) is 17.3 Å². The van der Waals surface area contributed by atoms with E-state index in [-0.39, 0.29) is 29.4 Å². The minimum Gasteiger partial charge on any atom is -0.478 e. The molecule has 2 N–H and O–H groups in total. The van der Waals surface area contributed by atoms with Crippen molar-refractivity contribution in [3.63, 3.8) is 0 Å². The smallest absolute Gasteiger partial charge is 0.410 e. The number of rotatable bonds is 6. The van der Waals surface area contributed by atoms with Gasteiger partial charge >= 0.3 is 18.0 Å². The molecule has 3 aromatic rings. The zero-order chi connectivity index (χ0) is 28.1. The minimum atomic E-state index is -1.40. The summed E-state index contributed by atoms with van der Waals surface area (Å²) in [6.07, 6.45) is 3.72. The van der Waals surface area contributed by atoms with Crippen LogP contribution in [0.3, 0.4) is 0 Å². The van der Waals surface area contributed by atoms with Gasteiger partial charge in [0.2, 0.25) is 0 Å². The second kappa shape index (κ2) is 9.83. The number of carbonyl (C=O) groups is 3. The number of nitrogens with zero attached hydrogens (tertiary/aromatic N) is 6. The third kappa shape index (κ3) is 5.36. The summed E-state index contributed by atoms with van der Waals surface area (Å²) in [6, 6.07) is 7.49. The number of carboxylic acids is 2. The van der Waals surface area contributed by atoms with Gasteiger partial charge in [-0.25, -0.2) is 19.1 Å². The number of carboxylic acid groups (broad SMARTS) is 2. The summed E-state index contributed by atoms with van der Waals surface area (Å²) >= 11 is 0. The van der Waals surface area contributed by atoms with Crippen molar-refractivity contribution in [2.24, 2.45) is 7.05 Å². The quantitative estimate of drug-likeness (QED) is 0.479. The minimum absolute atomic E-state index is 0.0383. The van der Waals surface area contributed by atoms with Crippen LogP contribution < -0.4 is 0 Å². The number of aryl methyl sites for hydroxylation is 1. The van der Waals surface area contributed by atoms with Crippen LogP contribution in [0, 0.1) is 0 Å². The van der Waals surface area contributed by atoms with Gasteiger partial charge in [-0.2, -0.15) is 5.10 Å². The van der Waals surface area contributed by atoms with Gasteiger partial charge in [-0.05, 0) is 57.7 Å². The van der Waals surface area contributed by atoms with Crippen molar-refractivity contribution in [2.45, 2.75) is 63.4 Å². The second-order valence-electron chi connectivity index (χ2n) is 11.3. The van der Waals surface area contributed by atoms with Crippen LogP contribution in [-0.2, 0) is 11.8 Å². The lowest BCUT2D eigenvalue weighted by molar-refractivity contribution is 0.0198. The molecule has 2 fully saturated rings. The zero-order valence-corrected chi connectivity index (χ0v) is 22.4. The number of likely N-dealkylation sites (tertiary alicyclic amines) is 1. The Kier molecular flexibility index (Phi) is 6.65. The fourth-order valence-corrected chi connectivity index (χ4v) is 5.34. The summed E-state index contributed by atoms with van der Waals surface area (Å²) in [4.78, 5) is 38.7. The maximum absolute atomic E-state index is 12.7. The van der Waals surface area contributed by atoms with E-state index in [1.54, 1.807) is 28.9 Å². The molecule has 1 saturated heterocycles. The standard InChI is InChI=1S/C27H32N6O6/c1-27(2,3)39-26(38)32-10-6-8-16(13-32)15-7-5-9-17(11-15)33-23(21(24(34)35)22(29-33)25(36)37)19-12-18(19)20-14-31(4)30-28-20/h5,7,9,11,14,16,18-19H,6,8,10,12-13H2,1-4H3,(H,34,35)(H,36,37)/t16?,18-,19-/m1/s1. The molecule has 0 spiro atoms. The summed E-state index contributed by atoms with van der Waals surface area (Å²) in [5.41, 5.74) is 1.19. The molecule has 12 nitrogen and oxygen atoms in total. The van der Waals surface area contributed by atoms with Crippen LogP contribution in [0.1, 0.15) is 95.6 Å². The van der Waals surface area contributed by atoms with Gasteiger partial charge in [0.1, 0.15) is 11.2 Å². The van der Waals surface area contributed by atoms with Crippen molar-refractivity contribution in [1.82, 2.24) is 29.7 Å². The molecule has 12 heteroatoms.